The smallest absolute Gasteiger partial charge is 0.228 e. The summed E-state index contributed by atoms with van der Waals surface area (Å²) in [4.78, 5) is 9.71. The van der Waals surface area contributed by atoms with Gasteiger partial charge in [0, 0.05) is 23.3 Å². The van der Waals surface area contributed by atoms with Crippen molar-refractivity contribution in [2.75, 3.05) is 21.3 Å². The molecule has 1 aliphatic rings. The fraction of sp³-hybridized carbons (Fsp3) is 0.156. The summed E-state index contributed by atoms with van der Waals surface area (Å²) < 4.78 is 24.6. The van der Waals surface area contributed by atoms with Crippen molar-refractivity contribution in [3.05, 3.63) is 113 Å². The van der Waals surface area contributed by atoms with Gasteiger partial charge >= 0.3 is 0 Å². The molecule has 4 aromatic carbocycles. The molecule has 0 fully saturated rings. The van der Waals surface area contributed by atoms with E-state index in [4.69, 9.17) is 34.0 Å². The van der Waals surface area contributed by atoms with Gasteiger partial charge in [-0.1, -0.05) is 54.6 Å². The number of rotatable bonds is 6. The van der Waals surface area contributed by atoms with Crippen molar-refractivity contribution < 1.29 is 18.9 Å². The van der Waals surface area contributed by atoms with Crippen molar-refractivity contribution in [1.82, 2.24) is 19.6 Å². The minimum absolute atomic E-state index is 0.163. The molecule has 0 spiro atoms. The highest BCUT2D eigenvalue weighted by atomic mass is 16.5. The quantitative estimate of drug-likeness (QED) is 0.254. The molecule has 7 rings (SSSR count). The van der Waals surface area contributed by atoms with E-state index in [9.17, 15) is 0 Å². The third kappa shape index (κ3) is 3.88. The molecular weight excluding hydrogens is 504 g/mol. The Bertz CT molecular complexity index is 1880. The summed E-state index contributed by atoms with van der Waals surface area (Å²) in [7, 11) is 4.92. The van der Waals surface area contributed by atoms with E-state index in [1.165, 1.54) is 0 Å². The lowest BCUT2D eigenvalue weighted by molar-refractivity contribution is 0.354. The van der Waals surface area contributed by atoms with Crippen LogP contribution >= 0.6 is 0 Å². The molecule has 3 heterocycles. The predicted molar refractivity (Wildman–Crippen MR) is 151 cm³/mol. The first-order chi connectivity index (χ1) is 19.7. The molecule has 1 atom stereocenters. The van der Waals surface area contributed by atoms with Crippen LogP contribution < -0.4 is 18.9 Å². The fourth-order valence-electron chi connectivity index (χ4n) is 5.48. The van der Waals surface area contributed by atoms with Crippen LogP contribution in [0.2, 0.25) is 0 Å². The molecule has 0 radical (unpaired) electrons. The fourth-order valence-corrected chi connectivity index (χ4v) is 5.48. The molecule has 1 aliphatic heterocycles. The summed E-state index contributed by atoms with van der Waals surface area (Å²) in [5.74, 6) is 3.99. The van der Waals surface area contributed by atoms with Gasteiger partial charge in [-0.25, -0.2) is 14.5 Å². The molecule has 0 amide bonds. The van der Waals surface area contributed by atoms with E-state index in [1.807, 2.05) is 42.5 Å². The number of fused-ring (bicyclic) bond motifs is 6. The number of hydrogen-bond acceptors (Lipinski definition) is 7. The van der Waals surface area contributed by atoms with Crippen molar-refractivity contribution in [2.45, 2.75) is 12.3 Å². The maximum Gasteiger partial charge on any atom is 0.228 e. The van der Waals surface area contributed by atoms with Gasteiger partial charge in [0.2, 0.25) is 5.88 Å². The monoisotopic (exact) mass is 530 g/mol. The third-order valence-corrected chi connectivity index (χ3v) is 7.40. The zero-order valence-electron chi connectivity index (χ0n) is 22.3. The Balaban J connectivity index is 1.39. The summed E-state index contributed by atoms with van der Waals surface area (Å²) in [5, 5.41) is 6.92. The van der Waals surface area contributed by atoms with Gasteiger partial charge in [-0.3, -0.25) is 0 Å². The number of ether oxygens (including phenoxy) is 4. The highest BCUT2D eigenvalue weighted by Gasteiger charge is 2.34. The molecular formula is C32H26N4O4. The number of hydrogen-bond donors (Lipinski definition) is 0. The average molecular weight is 531 g/mol. The number of methoxy groups -OCH3 is 3. The average Bonchev–Trinajstić information content (AvgIpc) is 3.42. The third-order valence-electron chi connectivity index (χ3n) is 7.40. The van der Waals surface area contributed by atoms with Crippen molar-refractivity contribution in [3.63, 3.8) is 0 Å². The normalized spacial score (nSPS) is 13.9. The van der Waals surface area contributed by atoms with Gasteiger partial charge in [-0.2, -0.15) is 0 Å². The first-order valence-corrected chi connectivity index (χ1v) is 13.0. The lowest BCUT2D eigenvalue weighted by Gasteiger charge is -2.28. The standard InChI is InChI=1S/C32H26N4O4/c1-37-22-12-9-21(10-13-22)28-24-14-11-20-6-4-5-7-23(20)30(24)40-32-29(28)31-34-27(35-36(31)18-33-32)17-19-8-15-25(38-2)26(16-19)39-3/h4-16,18,28H,17H2,1-3H3/t28-/m1/s1. The zero-order valence-corrected chi connectivity index (χ0v) is 22.3. The molecule has 6 aromatic rings. The zero-order chi connectivity index (χ0) is 27.2. The van der Waals surface area contributed by atoms with E-state index in [2.05, 4.69) is 36.4 Å². The maximum atomic E-state index is 6.53. The van der Waals surface area contributed by atoms with Crippen molar-refractivity contribution in [1.29, 1.82) is 0 Å². The highest BCUT2D eigenvalue weighted by Crippen LogP contribution is 2.50. The van der Waals surface area contributed by atoms with E-state index >= 15 is 0 Å². The van der Waals surface area contributed by atoms with Crippen LogP contribution in [0.4, 0.5) is 0 Å². The molecule has 8 nitrogen and oxygen atoms in total. The molecule has 0 aliphatic carbocycles. The maximum absolute atomic E-state index is 6.53. The van der Waals surface area contributed by atoms with Gasteiger partial charge in [0.15, 0.2) is 23.0 Å². The number of aromatic nitrogens is 4. The predicted octanol–water partition coefficient (Wildman–Crippen LogP) is 6.18. The van der Waals surface area contributed by atoms with Gasteiger partial charge in [-0.05, 0) is 40.8 Å². The summed E-state index contributed by atoms with van der Waals surface area (Å²) >= 11 is 0. The Morgan fingerprint density at radius 3 is 2.48 bits per heavy atom. The van der Waals surface area contributed by atoms with E-state index < -0.39 is 0 Å². The molecule has 2 aromatic heterocycles. The molecule has 8 heteroatoms. The van der Waals surface area contributed by atoms with Crippen LogP contribution in [0.25, 0.3) is 16.4 Å². The molecule has 0 saturated heterocycles. The number of benzene rings is 4. The Labute approximate surface area is 230 Å². The Kier molecular flexibility index (Phi) is 5.73. The van der Waals surface area contributed by atoms with Gasteiger partial charge in [0.05, 0.1) is 26.9 Å². The first kappa shape index (κ1) is 24.0. The minimum Gasteiger partial charge on any atom is -0.497 e. The molecule has 0 saturated carbocycles. The topological polar surface area (TPSA) is 80.0 Å². The van der Waals surface area contributed by atoms with Crippen LogP contribution in [-0.2, 0) is 6.42 Å². The summed E-state index contributed by atoms with van der Waals surface area (Å²) in [5.41, 5.74) is 4.73. The second-order valence-electron chi connectivity index (χ2n) is 9.64. The molecule has 40 heavy (non-hydrogen) atoms. The van der Waals surface area contributed by atoms with Crippen LogP contribution in [0.3, 0.4) is 0 Å². The van der Waals surface area contributed by atoms with Crippen LogP contribution in [-0.4, -0.2) is 40.9 Å². The van der Waals surface area contributed by atoms with Gasteiger partial charge in [-0.15, -0.1) is 5.10 Å². The summed E-state index contributed by atoms with van der Waals surface area (Å²) in [6.45, 7) is 0. The van der Waals surface area contributed by atoms with Crippen molar-refractivity contribution >= 4 is 16.4 Å². The van der Waals surface area contributed by atoms with E-state index in [0.717, 1.165) is 44.5 Å². The Hall–Kier alpha value is -5.11. The molecule has 0 bridgehead atoms. The van der Waals surface area contributed by atoms with E-state index in [-0.39, 0.29) is 5.92 Å². The largest absolute Gasteiger partial charge is 0.497 e. The second kappa shape index (κ2) is 9.57. The lowest BCUT2D eigenvalue weighted by atomic mass is 9.83. The second-order valence-corrected chi connectivity index (χ2v) is 9.64. The highest BCUT2D eigenvalue weighted by molar-refractivity contribution is 5.91. The Morgan fingerprint density at radius 2 is 1.68 bits per heavy atom. The van der Waals surface area contributed by atoms with Crippen molar-refractivity contribution in [3.8, 4) is 28.9 Å². The van der Waals surface area contributed by atoms with Crippen LogP contribution in [0.5, 0.6) is 28.9 Å². The summed E-state index contributed by atoms with van der Waals surface area (Å²) in [6.07, 6.45) is 2.19. The van der Waals surface area contributed by atoms with E-state index in [1.54, 1.807) is 32.2 Å². The first-order valence-electron chi connectivity index (χ1n) is 13.0. The minimum atomic E-state index is -0.163. The van der Waals surface area contributed by atoms with Gasteiger partial charge < -0.3 is 18.9 Å². The van der Waals surface area contributed by atoms with E-state index in [0.29, 0.717) is 35.3 Å². The van der Waals surface area contributed by atoms with Gasteiger partial charge in [0.25, 0.3) is 0 Å². The van der Waals surface area contributed by atoms with Crippen molar-refractivity contribution in [2.24, 2.45) is 0 Å². The number of nitrogens with zero attached hydrogens (tertiary/aromatic N) is 4. The lowest BCUT2D eigenvalue weighted by Crippen LogP contribution is -2.15. The van der Waals surface area contributed by atoms with Crippen LogP contribution in [0.15, 0.2) is 85.2 Å². The molecule has 0 unspecified atom stereocenters. The SMILES string of the molecule is COc1ccc([C@@H]2c3ccc4ccccc4c3Oc3ncn4nc(Cc5ccc(OC)c(OC)c5)nc4c32)cc1. The van der Waals surface area contributed by atoms with Crippen LogP contribution in [0, 0.1) is 0 Å². The molecule has 198 valence electrons. The summed E-state index contributed by atoms with van der Waals surface area (Å²) in [6, 6.07) is 26.5. The Morgan fingerprint density at radius 1 is 0.850 bits per heavy atom. The molecule has 0 N–H and O–H groups in total. The van der Waals surface area contributed by atoms with Crippen LogP contribution in [0.1, 0.15) is 34.0 Å². The van der Waals surface area contributed by atoms with Gasteiger partial charge in [0.1, 0.15) is 17.8 Å².